The summed E-state index contributed by atoms with van der Waals surface area (Å²) in [7, 11) is 0. The number of halogens is 1. The molecule has 2 nitrogen and oxygen atoms in total. The molecule has 1 aliphatic rings. The first kappa shape index (κ1) is 10.6. The van der Waals surface area contributed by atoms with Crippen molar-refractivity contribution in [1.82, 2.24) is 0 Å². The Bertz CT molecular complexity index is 323. The Morgan fingerprint density at radius 1 is 1.53 bits per heavy atom. The average molecular weight is 209 g/mol. The smallest absolute Gasteiger partial charge is 0.130 e. The van der Waals surface area contributed by atoms with Gasteiger partial charge in [0, 0.05) is 19.1 Å². The van der Waals surface area contributed by atoms with E-state index in [-0.39, 0.29) is 5.92 Å². The minimum Gasteiger partial charge on any atom is -0.381 e. The van der Waals surface area contributed by atoms with Crippen LogP contribution < -0.4 is 5.73 Å². The molecule has 0 radical (unpaired) electrons. The molecule has 3 heteroatoms. The number of benzene rings is 1. The Balaban J connectivity index is 2.13. The van der Waals surface area contributed by atoms with Gasteiger partial charge in [0.2, 0.25) is 0 Å². The fourth-order valence-corrected chi connectivity index (χ4v) is 1.95. The lowest BCUT2D eigenvalue weighted by Crippen LogP contribution is -2.09. The van der Waals surface area contributed by atoms with Crippen molar-refractivity contribution in [3.63, 3.8) is 0 Å². The van der Waals surface area contributed by atoms with Crippen molar-refractivity contribution in [2.75, 3.05) is 13.2 Å². The van der Waals surface area contributed by atoms with Crippen molar-refractivity contribution >= 4 is 0 Å². The van der Waals surface area contributed by atoms with Crippen molar-refractivity contribution in [2.24, 2.45) is 11.7 Å². The Kier molecular flexibility index (Phi) is 3.34. The summed E-state index contributed by atoms with van der Waals surface area (Å²) in [5.41, 5.74) is 7.24. The van der Waals surface area contributed by atoms with Gasteiger partial charge in [0.15, 0.2) is 0 Å². The van der Waals surface area contributed by atoms with Gasteiger partial charge in [-0.15, -0.1) is 0 Å². The Hall–Kier alpha value is -0.930. The van der Waals surface area contributed by atoms with E-state index in [0.717, 1.165) is 17.5 Å². The molecular formula is C12H16FNO. The number of alkyl halides is 1. The van der Waals surface area contributed by atoms with Crippen LogP contribution >= 0.6 is 0 Å². The number of rotatable bonds is 3. The van der Waals surface area contributed by atoms with E-state index in [4.69, 9.17) is 10.5 Å². The molecule has 0 aromatic heterocycles. The number of ether oxygens (including phenoxy) is 1. The molecule has 1 aliphatic heterocycles. The highest BCUT2D eigenvalue weighted by atomic mass is 19.1. The Morgan fingerprint density at radius 3 is 3.07 bits per heavy atom. The zero-order valence-corrected chi connectivity index (χ0v) is 8.66. The molecule has 1 aromatic rings. The van der Waals surface area contributed by atoms with Gasteiger partial charge in [-0.2, -0.15) is 0 Å². The van der Waals surface area contributed by atoms with Crippen LogP contribution in [0.3, 0.4) is 0 Å². The van der Waals surface area contributed by atoms with E-state index in [2.05, 4.69) is 0 Å². The third kappa shape index (κ3) is 2.36. The third-order valence-electron chi connectivity index (χ3n) is 2.88. The summed E-state index contributed by atoms with van der Waals surface area (Å²) in [6.45, 7) is 1.68. The molecule has 1 fully saturated rings. The number of hydrogen-bond donors (Lipinski definition) is 1. The second-order valence-corrected chi connectivity index (χ2v) is 3.97. The first-order chi connectivity index (χ1) is 7.31. The molecule has 0 bridgehead atoms. The minimum absolute atomic E-state index is 0.0121. The largest absolute Gasteiger partial charge is 0.381 e. The maximum atomic E-state index is 14.0. The van der Waals surface area contributed by atoms with Crippen molar-refractivity contribution < 1.29 is 9.13 Å². The van der Waals surface area contributed by atoms with Crippen LogP contribution in [0.1, 0.15) is 23.7 Å². The summed E-state index contributed by atoms with van der Waals surface area (Å²) < 4.78 is 19.2. The molecular weight excluding hydrogens is 193 g/mol. The van der Waals surface area contributed by atoms with Gasteiger partial charge in [-0.25, -0.2) is 4.39 Å². The lowest BCUT2D eigenvalue weighted by atomic mass is 9.95. The van der Waals surface area contributed by atoms with Gasteiger partial charge in [-0.1, -0.05) is 24.3 Å². The fourth-order valence-electron chi connectivity index (χ4n) is 1.95. The van der Waals surface area contributed by atoms with E-state index in [1.807, 2.05) is 24.3 Å². The lowest BCUT2D eigenvalue weighted by Gasteiger charge is -2.14. The Labute approximate surface area is 89.2 Å². The molecule has 2 unspecified atom stereocenters. The molecule has 2 atom stereocenters. The molecule has 0 aliphatic carbocycles. The highest BCUT2D eigenvalue weighted by Crippen LogP contribution is 2.32. The van der Waals surface area contributed by atoms with E-state index in [1.54, 1.807) is 0 Å². The van der Waals surface area contributed by atoms with Crippen LogP contribution in [0.2, 0.25) is 0 Å². The van der Waals surface area contributed by atoms with Gasteiger partial charge in [-0.3, -0.25) is 0 Å². The van der Waals surface area contributed by atoms with Gasteiger partial charge in [0.25, 0.3) is 0 Å². The molecule has 1 saturated heterocycles. The molecule has 0 amide bonds. The molecule has 0 spiro atoms. The van der Waals surface area contributed by atoms with Crippen LogP contribution in [0.25, 0.3) is 0 Å². The van der Waals surface area contributed by atoms with E-state index < -0.39 is 6.17 Å². The highest BCUT2D eigenvalue weighted by Gasteiger charge is 2.26. The molecule has 1 heterocycles. The predicted molar refractivity (Wildman–Crippen MR) is 57.1 cm³/mol. The SMILES string of the molecule is NCc1cccc(C(F)C2CCOC2)c1. The van der Waals surface area contributed by atoms with E-state index >= 15 is 0 Å². The second-order valence-electron chi connectivity index (χ2n) is 3.97. The van der Waals surface area contributed by atoms with E-state index in [0.29, 0.717) is 19.8 Å². The zero-order valence-electron chi connectivity index (χ0n) is 8.66. The molecule has 1 aromatic carbocycles. The molecule has 15 heavy (non-hydrogen) atoms. The van der Waals surface area contributed by atoms with Crippen molar-refractivity contribution in [3.05, 3.63) is 35.4 Å². The van der Waals surface area contributed by atoms with E-state index in [9.17, 15) is 4.39 Å². The maximum absolute atomic E-state index is 14.0. The fraction of sp³-hybridized carbons (Fsp3) is 0.500. The van der Waals surface area contributed by atoms with Crippen LogP contribution in [-0.4, -0.2) is 13.2 Å². The second kappa shape index (κ2) is 4.73. The summed E-state index contributed by atoms with van der Waals surface area (Å²) in [6, 6.07) is 7.45. The van der Waals surface area contributed by atoms with Crippen molar-refractivity contribution in [1.29, 1.82) is 0 Å². The molecule has 0 saturated carbocycles. The summed E-state index contributed by atoms with van der Waals surface area (Å²) in [5.74, 6) is 0.0121. The van der Waals surface area contributed by atoms with Gasteiger partial charge >= 0.3 is 0 Å². The summed E-state index contributed by atoms with van der Waals surface area (Å²) in [5, 5.41) is 0. The molecule has 2 N–H and O–H groups in total. The minimum atomic E-state index is -0.918. The lowest BCUT2D eigenvalue weighted by molar-refractivity contribution is 0.155. The topological polar surface area (TPSA) is 35.2 Å². The van der Waals surface area contributed by atoms with Crippen LogP contribution in [0, 0.1) is 5.92 Å². The average Bonchev–Trinajstić information content (AvgIpc) is 2.81. The molecule has 82 valence electrons. The first-order valence-electron chi connectivity index (χ1n) is 5.32. The maximum Gasteiger partial charge on any atom is 0.130 e. The Morgan fingerprint density at radius 2 is 2.40 bits per heavy atom. The number of hydrogen-bond acceptors (Lipinski definition) is 2. The summed E-state index contributed by atoms with van der Waals surface area (Å²) in [6.07, 6.45) is -0.104. The third-order valence-corrected chi connectivity index (χ3v) is 2.88. The van der Waals surface area contributed by atoms with Crippen LogP contribution in [0.5, 0.6) is 0 Å². The normalized spacial score (nSPS) is 22.9. The highest BCUT2D eigenvalue weighted by molar-refractivity contribution is 5.25. The van der Waals surface area contributed by atoms with Gasteiger partial charge in [0.1, 0.15) is 6.17 Å². The van der Waals surface area contributed by atoms with Crippen molar-refractivity contribution in [3.8, 4) is 0 Å². The van der Waals surface area contributed by atoms with Crippen molar-refractivity contribution in [2.45, 2.75) is 19.1 Å². The zero-order chi connectivity index (χ0) is 10.7. The quantitative estimate of drug-likeness (QED) is 0.828. The first-order valence-corrected chi connectivity index (χ1v) is 5.32. The summed E-state index contributed by atoms with van der Waals surface area (Å²) in [4.78, 5) is 0. The number of nitrogens with two attached hydrogens (primary N) is 1. The molecule has 2 rings (SSSR count). The van der Waals surface area contributed by atoms with Gasteiger partial charge in [0.05, 0.1) is 6.61 Å². The monoisotopic (exact) mass is 209 g/mol. The van der Waals surface area contributed by atoms with Gasteiger partial charge < -0.3 is 10.5 Å². The van der Waals surface area contributed by atoms with Crippen LogP contribution in [-0.2, 0) is 11.3 Å². The van der Waals surface area contributed by atoms with E-state index in [1.165, 1.54) is 0 Å². The predicted octanol–water partition coefficient (Wildman–Crippen LogP) is 2.19. The van der Waals surface area contributed by atoms with Crippen LogP contribution in [0.4, 0.5) is 4.39 Å². The standard InChI is InChI=1S/C12H16FNO/c13-12(11-4-5-15-8-11)10-3-1-2-9(6-10)7-14/h1-3,6,11-12H,4-5,7-8,14H2. The summed E-state index contributed by atoms with van der Waals surface area (Å²) >= 11 is 0. The van der Waals surface area contributed by atoms with Gasteiger partial charge in [-0.05, 0) is 17.5 Å². The van der Waals surface area contributed by atoms with Crippen LogP contribution in [0.15, 0.2) is 24.3 Å².